The van der Waals surface area contributed by atoms with Crippen molar-refractivity contribution in [3.8, 4) is 11.3 Å². The smallest absolute Gasteiger partial charge is 0.190 e. The molecule has 1 aromatic carbocycles. The molecular formula is C18H20ClNO2. The third-order valence-electron chi connectivity index (χ3n) is 4.18. The summed E-state index contributed by atoms with van der Waals surface area (Å²) in [4.78, 5) is 12.4. The summed E-state index contributed by atoms with van der Waals surface area (Å²) in [5.74, 6) is 1.78. The molecule has 4 heteroatoms. The molecule has 1 aromatic heterocycles. The molecule has 0 spiro atoms. The summed E-state index contributed by atoms with van der Waals surface area (Å²) in [7, 11) is 0. The number of nitrogens with one attached hydrogen (secondary N) is 1. The normalized spacial score (nSPS) is 17.3. The minimum atomic E-state index is 0.0555. The number of hydrogen-bond acceptors (Lipinski definition) is 3. The van der Waals surface area contributed by atoms with Gasteiger partial charge in [-0.1, -0.05) is 31.4 Å². The Morgan fingerprint density at radius 2 is 2.09 bits per heavy atom. The Bertz CT molecular complexity index is 706. The van der Waals surface area contributed by atoms with E-state index in [0.717, 1.165) is 42.7 Å². The van der Waals surface area contributed by atoms with Gasteiger partial charge in [-0.05, 0) is 30.7 Å². The van der Waals surface area contributed by atoms with Gasteiger partial charge in [0.2, 0.25) is 0 Å². The summed E-state index contributed by atoms with van der Waals surface area (Å²) in [5, 5.41) is 4.01. The van der Waals surface area contributed by atoms with Crippen LogP contribution in [0.3, 0.4) is 0 Å². The van der Waals surface area contributed by atoms with E-state index >= 15 is 0 Å². The van der Waals surface area contributed by atoms with Crippen LogP contribution in [0.1, 0.15) is 43.4 Å². The van der Waals surface area contributed by atoms with Crippen LogP contribution in [0.4, 0.5) is 0 Å². The highest BCUT2D eigenvalue weighted by molar-refractivity contribution is 6.30. The molecule has 1 aliphatic rings. The molecule has 1 aliphatic heterocycles. The fourth-order valence-electron chi connectivity index (χ4n) is 2.95. The second-order valence-electron chi connectivity index (χ2n) is 5.79. The highest BCUT2D eigenvalue weighted by atomic mass is 35.5. The number of rotatable bonds is 4. The molecule has 0 aliphatic carbocycles. The van der Waals surface area contributed by atoms with E-state index in [-0.39, 0.29) is 11.3 Å². The van der Waals surface area contributed by atoms with Crippen LogP contribution in [0.15, 0.2) is 39.5 Å². The van der Waals surface area contributed by atoms with Gasteiger partial charge in [0.05, 0.1) is 5.56 Å². The second-order valence-corrected chi connectivity index (χ2v) is 6.23. The summed E-state index contributed by atoms with van der Waals surface area (Å²) in [5.41, 5.74) is 1.72. The second kappa shape index (κ2) is 6.67. The lowest BCUT2D eigenvalue weighted by Crippen LogP contribution is -2.32. The summed E-state index contributed by atoms with van der Waals surface area (Å²) in [6, 6.07) is 8.98. The van der Waals surface area contributed by atoms with E-state index in [1.807, 2.05) is 24.3 Å². The van der Waals surface area contributed by atoms with E-state index in [1.54, 1.807) is 6.07 Å². The van der Waals surface area contributed by atoms with Crippen molar-refractivity contribution < 1.29 is 4.42 Å². The largest absolute Gasteiger partial charge is 0.460 e. The Balaban J connectivity index is 2.02. The zero-order chi connectivity index (χ0) is 15.5. The first kappa shape index (κ1) is 15.3. The van der Waals surface area contributed by atoms with Crippen molar-refractivity contribution in [2.45, 2.75) is 38.6 Å². The predicted molar refractivity (Wildman–Crippen MR) is 89.4 cm³/mol. The van der Waals surface area contributed by atoms with Crippen molar-refractivity contribution in [1.82, 2.24) is 5.32 Å². The number of fused-ring (bicyclic) bond motifs is 1. The minimum Gasteiger partial charge on any atom is -0.460 e. The predicted octanol–water partition coefficient (Wildman–Crippen LogP) is 4.34. The van der Waals surface area contributed by atoms with Crippen LogP contribution < -0.4 is 10.7 Å². The fourth-order valence-corrected chi connectivity index (χ4v) is 3.07. The first-order valence-electron chi connectivity index (χ1n) is 7.82. The highest BCUT2D eigenvalue weighted by Gasteiger charge is 2.25. The standard InChI is InChI=1S/C18H20ClNO2/c1-2-3-4-13-10-20-11-15-16(21)9-17(22-18(13)15)12-5-7-14(19)8-6-12/h5-9,13,20H,2-4,10-11H2,1H3. The lowest BCUT2D eigenvalue weighted by Gasteiger charge is -2.24. The van der Waals surface area contributed by atoms with Crippen LogP contribution in [0.5, 0.6) is 0 Å². The van der Waals surface area contributed by atoms with Gasteiger partial charge in [-0.3, -0.25) is 4.79 Å². The lowest BCUT2D eigenvalue weighted by molar-refractivity contribution is 0.383. The van der Waals surface area contributed by atoms with Gasteiger partial charge >= 0.3 is 0 Å². The van der Waals surface area contributed by atoms with Crippen molar-refractivity contribution in [1.29, 1.82) is 0 Å². The maximum Gasteiger partial charge on any atom is 0.190 e. The minimum absolute atomic E-state index is 0.0555. The third-order valence-corrected chi connectivity index (χ3v) is 4.43. The van der Waals surface area contributed by atoms with Gasteiger partial charge in [-0.2, -0.15) is 0 Å². The van der Waals surface area contributed by atoms with Gasteiger partial charge in [0.25, 0.3) is 0 Å². The fraction of sp³-hybridized carbons (Fsp3) is 0.389. The molecule has 0 saturated carbocycles. The molecule has 3 nitrogen and oxygen atoms in total. The average molecular weight is 318 g/mol. The molecule has 0 saturated heterocycles. The molecule has 2 aromatic rings. The lowest BCUT2D eigenvalue weighted by atomic mass is 9.92. The molecule has 22 heavy (non-hydrogen) atoms. The quantitative estimate of drug-likeness (QED) is 0.912. The van der Waals surface area contributed by atoms with Gasteiger partial charge in [0.1, 0.15) is 11.5 Å². The first-order chi connectivity index (χ1) is 10.7. The van der Waals surface area contributed by atoms with Crippen molar-refractivity contribution >= 4 is 11.6 Å². The van der Waals surface area contributed by atoms with Crippen LogP contribution in [0, 0.1) is 0 Å². The van der Waals surface area contributed by atoms with E-state index in [9.17, 15) is 4.79 Å². The maximum absolute atomic E-state index is 12.4. The van der Waals surface area contributed by atoms with Crippen molar-refractivity contribution in [3.05, 3.63) is 56.9 Å². The molecule has 0 amide bonds. The molecule has 0 fully saturated rings. The van der Waals surface area contributed by atoms with Gasteiger partial charge in [-0.25, -0.2) is 0 Å². The van der Waals surface area contributed by atoms with E-state index in [2.05, 4.69) is 12.2 Å². The number of unbranched alkanes of at least 4 members (excludes halogenated alkanes) is 1. The molecule has 116 valence electrons. The first-order valence-corrected chi connectivity index (χ1v) is 8.20. The molecule has 1 atom stereocenters. The highest BCUT2D eigenvalue weighted by Crippen LogP contribution is 2.30. The van der Waals surface area contributed by atoms with Crippen molar-refractivity contribution in [2.75, 3.05) is 6.54 Å². The third kappa shape index (κ3) is 3.11. The van der Waals surface area contributed by atoms with Gasteiger partial charge in [-0.15, -0.1) is 0 Å². The van der Waals surface area contributed by atoms with Gasteiger partial charge in [0, 0.05) is 35.7 Å². The summed E-state index contributed by atoms with van der Waals surface area (Å²) in [6.07, 6.45) is 3.33. The Kier molecular flexibility index (Phi) is 4.65. The average Bonchev–Trinajstić information content (AvgIpc) is 2.53. The maximum atomic E-state index is 12.4. The van der Waals surface area contributed by atoms with E-state index in [0.29, 0.717) is 17.3 Å². The van der Waals surface area contributed by atoms with Crippen LogP contribution in [-0.2, 0) is 6.54 Å². The Hall–Kier alpha value is -1.58. The number of hydrogen-bond donors (Lipinski definition) is 1. The molecule has 1 N–H and O–H groups in total. The molecule has 0 bridgehead atoms. The summed E-state index contributed by atoms with van der Waals surface area (Å²) in [6.45, 7) is 3.65. The topological polar surface area (TPSA) is 42.2 Å². The van der Waals surface area contributed by atoms with Gasteiger partial charge in [0.15, 0.2) is 5.43 Å². The zero-order valence-electron chi connectivity index (χ0n) is 12.7. The SMILES string of the molecule is CCCCC1CNCc2c1oc(-c1ccc(Cl)cc1)cc2=O. The summed E-state index contributed by atoms with van der Waals surface area (Å²) < 4.78 is 6.13. The Morgan fingerprint density at radius 3 is 2.82 bits per heavy atom. The van der Waals surface area contributed by atoms with Crippen LogP contribution in [0.25, 0.3) is 11.3 Å². The number of halogens is 1. The van der Waals surface area contributed by atoms with Crippen LogP contribution in [-0.4, -0.2) is 6.54 Å². The van der Waals surface area contributed by atoms with E-state index in [4.69, 9.17) is 16.0 Å². The molecule has 0 radical (unpaired) electrons. The Morgan fingerprint density at radius 1 is 1.32 bits per heavy atom. The number of benzene rings is 1. The van der Waals surface area contributed by atoms with E-state index in [1.165, 1.54) is 0 Å². The monoisotopic (exact) mass is 317 g/mol. The summed E-state index contributed by atoms with van der Waals surface area (Å²) >= 11 is 5.93. The van der Waals surface area contributed by atoms with E-state index < -0.39 is 0 Å². The van der Waals surface area contributed by atoms with Crippen LogP contribution in [0.2, 0.25) is 5.02 Å². The molecule has 3 rings (SSSR count). The van der Waals surface area contributed by atoms with Crippen LogP contribution >= 0.6 is 11.6 Å². The van der Waals surface area contributed by atoms with Crippen molar-refractivity contribution in [2.24, 2.45) is 0 Å². The molecular weight excluding hydrogens is 298 g/mol. The Labute approximate surface area is 135 Å². The zero-order valence-corrected chi connectivity index (χ0v) is 13.5. The molecule has 2 heterocycles. The van der Waals surface area contributed by atoms with Gasteiger partial charge < -0.3 is 9.73 Å². The molecule has 1 unspecified atom stereocenters. The van der Waals surface area contributed by atoms with Crippen molar-refractivity contribution in [3.63, 3.8) is 0 Å².